The van der Waals surface area contributed by atoms with Gasteiger partial charge in [0.25, 0.3) is 4.38 Å². The van der Waals surface area contributed by atoms with Crippen LogP contribution in [0.3, 0.4) is 0 Å². The van der Waals surface area contributed by atoms with E-state index >= 15 is 0 Å². The molecule has 2 aromatic rings. The van der Waals surface area contributed by atoms with Crippen molar-refractivity contribution in [3.05, 3.63) is 71.3 Å². The molecule has 2 aliphatic heterocycles. The van der Waals surface area contributed by atoms with Crippen molar-refractivity contribution in [2.24, 2.45) is 0 Å². The van der Waals surface area contributed by atoms with Gasteiger partial charge in [-0.05, 0) is 34.7 Å². The van der Waals surface area contributed by atoms with Crippen LogP contribution in [0.2, 0.25) is 0 Å². The second kappa shape index (κ2) is 5.90. The largest absolute Gasteiger partial charge is 0.271 e. The number of hydrogen-bond donors (Lipinski definition) is 0. The van der Waals surface area contributed by atoms with Crippen LogP contribution >= 0.6 is 23.5 Å². The highest BCUT2D eigenvalue weighted by molar-refractivity contribution is 8.38. The lowest BCUT2D eigenvalue weighted by Gasteiger charge is -2.19. The van der Waals surface area contributed by atoms with Crippen LogP contribution in [0.25, 0.3) is 0 Å². The van der Waals surface area contributed by atoms with Crippen molar-refractivity contribution in [1.82, 2.24) is 0 Å². The molecule has 4 rings (SSSR count). The van der Waals surface area contributed by atoms with Crippen LogP contribution in [0.15, 0.2) is 54.6 Å². The van der Waals surface area contributed by atoms with Gasteiger partial charge in [0.2, 0.25) is 0 Å². The van der Waals surface area contributed by atoms with Crippen LogP contribution < -0.4 is 0 Å². The summed E-state index contributed by atoms with van der Waals surface area (Å²) >= 11 is 4.05. The maximum Gasteiger partial charge on any atom is 0.271 e. The van der Waals surface area contributed by atoms with Crippen molar-refractivity contribution < 1.29 is 4.58 Å². The predicted molar refractivity (Wildman–Crippen MR) is 93.1 cm³/mol. The molecule has 0 bridgehead atoms. The highest BCUT2D eigenvalue weighted by atomic mass is 32.2. The summed E-state index contributed by atoms with van der Waals surface area (Å²) in [4.78, 5) is 0. The standard InChI is InChI=1S/C18H18NS2/c1-2-6-14(7-3-1)12-20-18-19-11-16-9-5-4-8-15(16)10-17(19)13-21-18/h1-9,17H,10-13H2/q+1/t17-/m0/s1. The van der Waals surface area contributed by atoms with Crippen molar-refractivity contribution in [2.75, 3.05) is 5.75 Å². The lowest BCUT2D eigenvalue weighted by atomic mass is 9.96. The molecule has 3 heteroatoms. The van der Waals surface area contributed by atoms with Crippen molar-refractivity contribution in [1.29, 1.82) is 0 Å². The predicted octanol–water partition coefficient (Wildman–Crippen LogP) is 4.16. The minimum atomic E-state index is 0.697. The normalized spacial score (nSPS) is 20.3. The van der Waals surface area contributed by atoms with Crippen molar-refractivity contribution in [3.8, 4) is 0 Å². The minimum absolute atomic E-state index is 0.697. The monoisotopic (exact) mass is 312 g/mol. The Labute approximate surface area is 134 Å². The summed E-state index contributed by atoms with van der Waals surface area (Å²) < 4.78 is 4.14. The van der Waals surface area contributed by atoms with Gasteiger partial charge in [-0.25, -0.2) is 4.58 Å². The van der Waals surface area contributed by atoms with Gasteiger partial charge in [0.1, 0.15) is 0 Å². The molecule has 0 saturated heterocycles. The SMILES string of the molecule is c1ccc(CSC2=[N+]3Cc4ccccc4C[C@H]3CS2)cc1. The zero-order valence-corrected chi connectivity index (χ0v) is 13.5. The van der Waals surface area contributed by atoms with Crippen LogP contribution in [-0.4, -0.2) is 20.7 Å². The molecule has 0 saturated carbocycles. The van der Waals surface area contributed by atoms with Crippen LogP contribution in [0.4, 0.5) is 0 Å². The molecular formula is C18H18NS2+. The highest BCUT2D eigenvalue weighted by Gasteiger charge is 2.38. The Kier molecular flexibility index (Phi) is 3.78. The molecule has 0 unspecified atom stereocenters. The molecular weight excluding hydrogens is 294 g/mol. The van der Waals surface area contributed by atoms with Gasteiger partial charge in [0, 0.05) is 17.7 Å². The number of thioether (sulfide) groups is 2. The van der Waals surface area contributed by atoms with Crippen LogP contribution in [0.1, 0.15) is 16.7 Å². The van der Waals surface area contributed by atoms with Gasteiger partial charge >= 0.3 is 0 Å². The molecule has 0 aromatic heterocycles. The Hall–Kier alpha value is -1.19. The number of hydrogen-bond acceptors (Lipinski definition) is 2. The number of benzene rings is 2. The van der Waals surface area contributed by atoms with E-state index in [0.717, 1.165) is 12.3 Å². The summed E-state index contributed by atoms with van der Waals surface area (Å²) in [6.07, 6.45) is 1.21. The molecule has 1 nitrogen and oxygen atoms in total. The minimum Gasteiger partial charge on any atom is -0.210 e. The average molecular weight is 312 g/mol. The summed E-state index contributed by atoms with van der Waals surface area (Å²) in [6.45, 7) is 1.09. The molecule has 0 amide bonds. The smallest absolute Gasteiger partial charge is 0.210 e. The van der Waals surface area contributed by atoms with Crippen LogP contribution in [0, 0.1) is 0 Å². The first-order chi connectivity index (χ1) is 10.4. The number of nitrogens with zero attached hydrogens (tertiary/aromatic N) is 1. The van der Waals surface area contributed by atoms with E-state index in [1.165, 1.54) is 27.7 Å². The van der Waals surface area contributed by atoms with E-state index in [4.69, 9.17) is 0 Å². The topological polar surface area (TPSA) is 3.01 Å². The zero-order valence-electron chi connectivity index (χ0n) is 11.9. The van der Waals surface area contributed by atoms with Crippen molar-refractivity contribution >= 4 is 27.9 Å². The fraction of sp³-hybridized carbons (Fsp3) is 0.278. The van der Waals surface area contributed by atoms with E-state index < -0.39 is 0 Å². The Bertz CT molecular complexity index is 679. The van der Waals surface area contributed by atoms with Gasteiger partial charge < -0.3 is 0 Å². The molecule has 2 aromatic carbocycles. The van der Waals surface area contributed by atoms with Crippen molar-refractivity contribution in [2.45, 2.75) is 24.8 Å². The zero-order chi connectivity index (χ0) is 14.1. The summed E-state index contributed by atoms with van der Waals surface area (Å²) in [5.41, 5.74) is 4.47. The molecule has 2 aliphatic rings. The van der Waals surface area contributed by atoms with Gasteiger partial charge in [-0.1, -0.05) is 54.6 Å². The fourth-order valence-electron chi connectivity index (χ4n) is 3.04. The number of rotatable bonds is 2. The molecule has 0 aliphatic carbocycles. The molecule has 0 N–H and O–H groups in total. The third-order valence-electron chi connectivity index (χ3n) is 4.19. The summed E-state index contributed by atoms with van der Waals surface area (Å²) in [5, 5.41) is 0. The van der Waals surface area contributed by atoms with E-state index in [-0.39, 0.29) is 0 Å². The Morgan fingerprint density at radius 3 is 2.62 bits per heavy atom. The summed E-state index contributed by atoms with van der Waals surface area (Å²) in [7, 11) is 0. The second-order valence-electron chi connectivity index (χ2n) is 5.61. The quantitative estimate of drug-likeness (QED) is 0.766. The molecule has 1 atom stereocenters. The van der Waals surface area contributed by atoms with E-state index in [1.807, 2.05) is 23.5 Å². The molecule has 21 heavy (non-hydrogen) atoms. The Balaban J connectivity index is 1.54. The molecule has 0 fully saturated rings. The maximum absolute atomic E-state index is 2.63. The fourth-order valence-corrected chi connectivity index (χ4v) is 5.63. The molecule has 106 valence electrons. The average Bonchev–Trinajstić information content (AvgIpc) is 2.94. The van der Waals surface area contributed by atoms with Gasteiger partial charge in [-0.2, -0.15) is 0 Å². The van der Waals surface area contributed by atoms with E-state index in [0.29, 0.717) is 6.04 Å². The third kappa shape index (κ3) is 2.77. The van der Waals surface area contributed by atoms with Crippen LogP contribution in [0.5, 0.6) is 0 Å². The first-order valence-corrected chi connectivity index (χ1v) is 9.37. The first kappa shape index (κ1) is 13.5. The molecule has 0 spiro atoms. The van der Waals surface area contributed by atoms with Gasteiger partial charge in [-0.15, -0.1) is 0 Å². The molecule has 0 radical (unpaired) electrons. The van der Waals surface area contributed by atoms with Crippen LogP contribution in [-0.2, 0) is 18.7 Å². The number of fused-ring (bicyclic) bond motifs is 2. The van der Waals surface area contributed by atoms with E-state index in [1.54, 1.807) is 5.56 Å². The molecule has 2 heterocycles. The Morgan fingerprint density at radius 2 is 1.76 bits per heavy atom. The summed E-state index contributed by atoms with van der Waals surface area (Å²) in [6, 6.07) is 20.4. The maximum atomic E-state index is 2.63. The van der Waals surface area contributed by atoms with Gasteiger partial charge in [0.15, 0.2) is 12.6 Å². The van der Waals surface area contributed by atoms with Crippen molar-refractivity contribution in [3.63, 3.8) is 0 Å². The Morgan fingerprint density at radius 1 is 1.00 bits per heavy atom. The lowest BCUT2D eigenvalue weighted by Crippen LogP contribution is -2.32. The third-order valence-corrected chi connectivity index (χ3v) is 6.89. The lowest BCUT2D eigenvalue weighted by molar-refractivity contribution is -0.572. The van der Waals surface area contributed by atoms with E-state index in [9.17, 15) is 0 Å². The van der Waals surface area contributed by atoms with Gasteiger partial charge in [-0.3, -0.25) is 0 Å². The van der Waals surface area contributed by atoms with E-state index in [2.05, 4.69) is 59.2 Å². The first-order valence-electron chi connectivity index (χ1n) is 7.40. The summed E-state index contributed by atoms with van der Waals surface area (Å²) in [5.74, 6) is 2.32. The second-order valence-corrected chi connectivity index (χ2v) is 7.84. The highest BCUT2D eigenvalue weighted by Crippen LogP contribution is 2.33. The van der Waals surface area contributed by atoms with Gasteiger partial charge in [0.05, 0.1) is 5.75 Å².